The fraction of sp³-hybridized carbons (Fsp3) is 0.167. The Hall–Kier alpha value is -3.78. The van der Waals surface area contributed by atoms with Gasteiger partial charge in [-0.15, -0.1) is 0 Å². The third kappa shape index (κ3) is 4.76. The van der Waals surface area contributed by atoms with Crippen LogP contribution in [0.25, 0.3) is 22.5 Å². The number of pyridine rings is 1. The van der Waals surface area contributed by atoms with Crippen LogP contribution in [0.15, 0.2) is 71.7 Å². The fourth-order valence-electron chi connectivity index (χ4n) is 3.58. The largest absolute Gasteiger partial charge is 0.478 e. The second-order valence-corrected chi connectivity index (χ2v) is 8.08. The number of rotatable bonds is 8. The lowest BCUT2D eigenvalue weighted by Crippen LogP contribution is -2.23. The van der Waals surface area contributed by atoms with E-state index in [-0.39, 0.29) is 16.5 Å². The number of nitrogens with one attached hydrogen (secondary N) is 2. The van der Waals surface area contributed by atoms with Crippen LogP contribution in [0.3, 0.4) is 0 Å². The van der Waals surface area contributed by atoms with Crippen molar-refractivity contribution in [1.29, 1.82) is 0 Å². The van der Waals surface area contributed by atoms with Crippen LogP contribution in [0.4, 0.5) is 5.82 Å². The fourth-order valence-corrected chi connectivity index (χ4v) is 4.04. The highest BCUT2D eigenvalue weighted by molar-refractivity contribution is 7.03. The van der Waals surface area contributed by atoms with E-state index in [0.717, 1.165) is 46.6 Å². The van der Waals surface area contributed by atoms with Crippen molar-refractivity contribution in [1.82, 2.24) is 14.3 Å². The summed E-state index contributed by atoms with van der Waals surface area (Å²) < 4.78 is 4.22. The number of carboxylic acids is 1. The van der Waals surface area contributed by atoms with Crippen LogP contribution in [0.2, 0.25) is 0 Å². The summed E-state index contributed by atoms with van der Waals surface area (Å²) in [5.74, 6) is -0.0471. The molecule has 162 valence electrons. The quantitative estimate of drug-likeness (QED) is 0.362. The van der Waals surface area contributed by atoms with Gasteiger partial charge in [-0.2, -0.15) is 4.37 Å². The molecule has 0 spiro atoms. The molecule has 8 heteroatoms. The standard InChI is InChI=1S/C24H22N4O3S/c1-2-17(26-21-20(23(29)30)8-5-13-25-21)14-15-9-11-16(12-10-15)18-6-3-4-7-19(18)22-27-24(31)32-28-22/h3-13,17H,2,14H2,1H3,(H,25,26)(H,29,30)(H,27,28,31). The van der Waals surface area contributed by atoms with Crippen molar-refractivity contribution in [2.24, 2.45) is 0 Å². The molecule has 0 amide bonds. The summed E-state index contributed by atoms with van der Waals surface area (Å²) in [5, 5.41) is 12.7. The van der Waals surface area contributed by atoms with E-state index in [0.29, 0.717) is 11.6 Å². The molecule has 4 aromatic rings. The molecule has 1 atom stereocenters. The first kappa shape index (κ1) is 21.5. The summed E-state index contributed by atoms with van der Waals surface area (Å²) in [5.41, 5.74) is 4.18. The molecule has 2 aromatic heterocycles. The van der Waals surface area contributed by atoms with Crippen molar-refractivity contribution in [2.45, 2.75) is 25.8 Å². The smallest absolute Gasteiger partial charge is 0.339 e. The number of hydrogen-bond donors (Lipinski definition) is 3. The van der Waals surface area contributed by atoms with Crippen molar-refractivity contribution < 1.29 is 9.90 Å². The van der Waals surface area contributed by atoms with Gasteiger partial charge in [0.05, 0.1) is 0 Å². The maximum absolute atomic E-state index is 11.5. The highest BCUT2D eigenvalue weighted by Crippen LogP contribution is 2.30. The zero-order valence-corrected chi connectivity index (χ0v) is 18.2. The number of benzene rings is 2. The number of carbonyl (C=O) groups is 1. The minimum Gasteiger partial charge on any atom is -0.478 e. The first-order valence-electron chi connectivity index (χ1n) is 10.2. The highest BCUT2D eigenvalue weighted by atomic mass is 32.1. The van der Waals surface area contributed by atoms with Crippen LogP contribution < -0.4 is 10.2 Å². The minimum absolute atomic E-state index is 0.0428. The summed E-state index contributed by atoms with van der Waals surface area (Å²) in [7, 11) is 0. The summed E-state index contributed by atoms with van der Waals surface area (Å²) in [4.78, 5) is 29.8. The molecule has 0 saturated carbocycles. The topological polar surface area (TPSA) is 108 Å². The van der Waals surface area contributed by atoms with Crippen LogP contribution in [-0.4, -0.2) is 31.5 Å². The van der Waals surface area contributed by atoms with Crippen molar-refractivity contribution >= 4 is 23.3 Å². The van der Waals surface area contributed by atoms with Gasteiger partial charge in [-0.1, -0.05) is 55.5 Å². The van der Waals surface area contributed by atoms with Crippen LogP contribution in [0.5, 0.6) is 0 Å². The van der Waals surface area contributed by atoms with Crippen molar-refractivity contribution in [3.63, 3.8) is 0 Å². The number of carboxylic acid groups (broad SMARTS) is 1. The van der Waals surface area contributed by atoms with Gasteiger partial charge < -0.3 is 10.4 Å². The van der Waals surface area contributed by atoms with E-state index >= 15 is 0 Å². The van der Waals surface area contributed by atoms with Gasteiger partial charge in [0.2, 0.25) is 0 Å². The van der Waals surface area contributed by atoms with Gasteiger partial charge in [-0.05, 0) is 41.7 Å². The zero-order valence-electron chi connectivity index (χ0n) is 17.4. The normalized spacial score (nSPS) is 11.8. The molecule has 0 saturated heterocycles. The van der Waals surface area contributed by atoms with Crippen LogP contribution in [0, 0.1) is 0 Å². The van der Waals surface area contributed by atoms with Gasteiger partial charge in [-0.3, -0.25) is 9.78 Å². The van der Waals surface area contributed by atoms with Gasteiger partial charge in [-0.25, -0.2) is 9.78 Å². The Morgan fingerprint density at radius 2 is 1.84 bits per heavy atom. The van der Waals surface area contributed by atoms with E-state index in [1.807, 2.05) is 24.3 Å². The predicted molar refractivity (Wildman–Crippen MR) is 126 cm³/mol. The first-order chi connectivity index (χ1) is 15.5. The average Bonchev–Trinajstić information content (AvgIpc) is 3.25. The molecule has 3 N–H and O–H groups in total. The SMILES string of the molecule is CCC(Cc1ccc(-c2ccccc2-c2nsc(=O)[nH]2)cc1)Nc1ncccc1C(=O)O. The van der Waals surface area contributed by atoms with Gasteiger partial charge in [0.25, 0.3) is 0 Å². The van der Waals surface area contributed by atoms with Gasteiger partial charge >= 0.3 is 10.8 Å². The molecule has 1 unspecified atom stereocenters. The predicted octanol–water partition coefficient (Wildman–Crippen LogP) is 4.69. The third-order valence-electron chi connectivity index (χ3n) is 5.24. The van der Waals surface area contributed by atoms with E-state index in [9.17, 15) is 14.7 Å². The Morgan fingerprint density at radius 3 is 2.50 bits per heavy atom. The van der Waals surface area contributed by atoms with E-state index in [1.165, 1.54) is 0 Å². The molecular weight excluding hydrogens is 424 g/mol. The number of aromatic carboxylic acids is 1. The maximum atomic E-state index is 11.5. The van der Waals surface area contributed by atoms with Gasteiger partial charge in [0, 0.05) is 29.3 Å². The van der Waals surface area contributed by atoms with Crippen LogP contribution in [-0.2, 0) is 6.42 Å². The van der Waals surface area contributed by atoms with Crippen molar-refractivity contribution in [2.75, 3.05) is 5.32 Å². The number of H-pyrrole nitrogens is 1. The lowest BCUT2D eigenvalue weighted by Gasteiger charge is -2.19. The summed E-state index contributed by atoms with van der Waals surface area (Å²) in [6.45, 7) is 2.06. The molecule has 0 bridgehead atoms. The van der Waals surface area contributed by atoms with Crippen molar-refractivity contribution in [3.8, 4) is 22.5 Å². The second kappa shape index (κ2) is 9.57. The Labute approximate surface area is 189 Å². The van der Waals surface area contributed by atoms with Crippen LogP contribution in [0.1, 0.15) is 29.3 Å². The van der Waals surface area contributed by atoms with Crippen molar-refractivity contribution in [3.05, 3.63) is 87.7 Å². The number of anilines is 1. The maximum Gasteiger partial charge on any atom is 0.339 e. The number of hydrogen-bond acceptors (Lipinski definition) is 6. The Balaban J connectivity index is 1.54. The Bertz CT molecular complexity index is 1280. The molecule has 4 rings (SSSR count). The second-order valence-electron chi connectivity index (χ2n) is 7.34. The van der Waals surface area contributed by atoms with Gasteiger partial charge in [0.1, 0.15) is 11.4 Å². The summed E-state index contributed by atoms with van der Waals surface area (Å²) in [6, 6.07) is 19.3. The minimum atomic E-state index is -1.00. The zero-order chi connectivity index (χ0) is 22.5. The number of nitrogens with zero attached hydrogens (tertiary/aromatic N) is 2. The monoisotopic (exact) mass is 446 g/mol. The Morgan fingerprint density at radius 1 is 1.09 bits per heavy atom. The summed E-state index contributed by atoms with van der Waals surface area (Å²) >= 11 is 0.908. The molecule has 0 aliphatic rings. The molecule has 0 fully saturated rings. The van der Waals surface area contributed by atoms with E-state index < -0.39 is 5.97 Å². The highest BCUT2D eigenvalue weighted by Gasteiger charge is 2.15. The number of aromatic amines is 1. The van der Waals surface area contributed by atoms with Crippen LogP contribution >= 0.6 is 11.5 Å². The molecule has 7 nitrogen and oxygen atoms in total. The first-order valence-corrected chi connectivity index (χ1v) is 11.0. The lowest BCUT2D eigenvalue weighted by molar-refractivity contribution is 0.0697. The Kier molecular flexibility index (Phi) is 6.42. The molecule has 2 heterocycles. The molecule has 32 heavy (non-hydrogen) atoms. The third-order valence-corrected chi connectivity index (χ3v) is 5.78. The van der Waals surface area contributed by atoms with Gasteiger partial charge in [0.15, 0.2) is 5.82 Å². The molecule has 0 radical (unpaired) electrons. The molecule has 2 aromatic carbocycles. The average molecular weight is 447 g/mol. The molecule has 0 aliphatic heterocycles. The summed E-state index contributed by atoms with van der Waals surface area (Å²) in [6.07, 6.45) is 3.13. The molecule has 0 aliphatic carbocycles. The number of aromatic nitrogens is 3. The lowest BCUT2D eigenvalue weighted by atomic mass is 9.96. The molecular formula is C24H22N4O3S. The van der Waals surface area contributed by atoms with E-state index in [4.69, 9.17) is 0 Å². The van der Waals surface area contributed by atoms with E-state index in [1.54, 1.807) is 18.3 Å². The van der Waals surface area contributed by atoms with E-state index in [2.05, 4.69) is 50.8 Å².